The summed E-state index contributed by atoms with van der Waals surface area (Å²) in [4.78, 5) is 12.4. The van der Waals surface area contributed by atoms with Gasteiger partial charge in [-0.1, -0.05) is 6.07 Å². The van der Waals surface area contributed by atoms with Gasteiger partial charge in [-0.2, -0.15) is 5.26 Å². The Morgan fingerprint density at radius 2 is 1.75 bits per heavy atom. The van der Waals surface area contributed by atoms with E-state index >= 15 is 4.39 Å². The topological polar surface area (TPSA) is 124 Å². The molecule has 1 aromatic carbocycles. The second-order valence-corrected chi connectivity index (χ2v) is 8.29. The molecule has 0 aliphatic heterocycles. The number of para-hydroxylation sites is 1. The van der Waals surface area contributed by atoms with Crippen molar-refractivity contribution >= 4 is 5.95 Å². The summed E-state index contributed by atoms with van der Waals surface area (Å²) in [5.41, 5.74) is 0.407. The SMILES string of the molecule is COc1cccc(OC)c1-n1c(N[C@@H](C)[C@@](C)(F)c2ncc(C#N)cn2)nnc1-c1cncc(C)c1. The van der Waals surface area contributed by atoms with Crippen LogP contribution in [0.4, 0.5) is 10.3 Å². The number of pyridine rings is 1. The zero-order chi connectivity index (χ0) is 25.9. The van der Waals surface area contributed by atoms with E-state index in [9.17, 15) is 0 Å². The van der Waals surface area contributed by atoms with Crippen molar-refractivity contribution in [2.24, 2.45) is 0 Å². The predicted octanol–water partition coefficient (Wildman–Crippen LogP) is 4.00. The molecule has 4 rings (SSSR count). The van der Waals surface area contributed by atoms with Gasteiger partial charge in [-0.05, 0) is 44.5 Å². The number of nitrogens with zero attached hydrogens (tertiary/aromatic N) is 7. The molecule has 2 atom stereocenters. The van der Waals surface area contributed by atoms with Crippen LogP contribution in [0.15, 0.2) is 49.1 Å². The highest BCUT2D eigenvalue weighted by Crippen LogP contribution is 2.38. The van der Waals surface area contributed by atoms with Crippen LogP contribution in [0, 0.1) is 18.3 Å². The third-order valence-corrected chi connectivity index (χ3v) is 5.80. The number of hydrogen-bond acceptors (Lipinski definition) is 9. The van der Waals surface area contributed by atoms with E-state index < -0.39 is 11.7 Å². The van der Waals surface area contributed by atoms with Crippen LogP contribution in [0.1, 0.15) is 30.8 Å². The Balaban J connectivity index is 1.84. The van der Waals surface area contributed by atoms with E-state index in [0.29, 0.717) is 28.6 Å². The minimum Gasteiger partial charge on any atom is -0.494 e. The molecular formula is C25H25FN8O2. The molecule has 0 aliphatic carbocycles. The first kappa shape index (κ1) is 24.5. The molecule has 0 bridgehead atoms. The maximum Gasteiger partial charge on any atom is 0.230 e. The van der Waals surface area contributed by atoms with Crippen molar-refractivity contribution in [2.45, 2.75) is 32.5 Å². The van der Waals surface area contributed by atoms with E-state index in [0.717, 1.165) is 5.56 Å². The molecule has 0 aliphatic rings. The first-order valence-electron chi connectivity index (χ1n) is 11.1. The number of halogens is 1. The summed E-state index contributed by atoms with van der Waals surface area (Å²) < 4.78 is 28.9. The number of anilines is 1. The van der Waals surface area contributed by atoms with Gasteiger partial charge in [-0.3, -0.25) is 9.55 Å². The third-order valence-electron chi connectivity index (χ3n) is 5.80. The Morgan fingerprint density at radius 3 is 2.33 bits per heavy atom. The number of aromatic nitrogens is 6. The van der Waals surface area contributed by atoms with E-state index in [1.54, 1.807) is 56.3 Å². The van der Waals surface area contributed by atoms with Gasteiger partial charge in [0.15, 0.2) is 17.3 Å². The summed E-state index contributed by atoms with van der Waals surface area (Å²) in [7, 11) is 3.10. The maximum absolute atomic E-state index is 16.0. The standard InChI is InChI=1S/C25H25FN8O2/c1-15-9-18(14-28-11-15)22-32-33-24(34(22)21-19(35-4)7-6-8-20(21)36-5)31-16(2)25(3,26)23-29-12-17(10-27)13-30-23/h6-9,11-14,16H,1-5H3,(H,31,33)/t16-,25+/m0/s1. The quantitative estimate of drug-likeness (QED) is 0.392. The molecule has 1 N–H and O–H groups in total. The van der Waals surface area contributed by atoms with Crippen LogP contribution in [-0.2, 0) is 5.67 Å². The van der Waals surface area contributed by atoms with Gasteiger partial charge < -0.3 is 14.8 Å². The van der Waals surface area contributed by atoms with Crippen LogP contribution in [0.5, 0.6) is 11.5 Å². The maximum atomic E-state index is 16.0. The number of aryl methyl sites for hydroxylation is 1. The molecule has 0 amide bonds. The number of ether oxygens (including phenoxy) is 2. The van der Waals surface area contributed by atoms with Gasteiger partial charge in [0.2, 0.25) is 5.95 Å². The van der Waals surface area contributed by atoms with Crippen LogP contribution in [0.2, 0.25) is 0 Å². The van der Waals surface area contributed by atoms with E-state index in [1.807, 2.05) is 19.1 Å². The molecule has 11 heteroatoms. The van der Waals surface area contributed by atoms with Gasteiger partial charge in [0.05, 0.1) is 25.8 Å². The zero-order valence-electron chi connectivity index (χ0n) is 20.5. The lowest BCUT2D eigenvalue weighted by atomic mass is 9.99. The lowest BCUT2D eigenvalue weighted by Gasteiger charge is -2.27. The summed E-state index contributed by atoms with van der Waals surface area (Å²) >= 11 is 0. The number of methoxy groups -OCH3 is 2. The number of hydrogen-bond donors (Lipinski definition) is 1. The van der Waals surface area contributed by atoms with Crippen LogP contribution in [-0.4, -0.2) is 50.0 Å². The van der Waals surface area contributed by atoms with E-state index in [-0.39, 0.29) is 17.3 Å². The number of rotatable bonds is 8. The van der Waals surface area contributed by atoms with Crippen LogP contribution < -0.4 is 14.8 Å². The Labute approximate surface area is 207 Å². The molecule has 10 nitrogen and oxygen atoms in total. The molecule has 0 radical (unpaired) electrons. The number of nitriles is 1. The lowest BCUT2D eigenvalue weighted by Crippen LogP contribution is -2.38. The second kappa shape index (κ2) is 9.95. The number of benzene rings is 1. The van der Waals surface area contributed by atoms with E-state index in [2.05, 4.69) is 30.5 Å². The predicted molar refractivity (Wildman–Crippen MR) is 131 cm³/mol. The largest absolute Gasteiger partial charge is 0.494 e. The van der Waals surface area contributed by atoms with Crippen LogP contribution in [0.25, 0.3) is 17.1 Å². The Hall–Kier alpha value is -4.59. The highest BCUT2D eigenvalue weighted by Gasteiger charge is 2.37. The highest BCUT2D eigenvalue weighted by atomic mass is 19.1. The molecule has 0 fully saturated rings. The molecule has 4 aromatic rings. The number of nitrogens with one attached hydrogen (secondary N) is 1. The third kappa shape index (κ3) is 4.53. The Bertz CT molecular complexity index is 1390. The molecule has 0 unspecified atom stereocenters. The molecule has 36 heavy (non-hydrogen) atoms. The fraction of sp³-hybridized carbons (Fsp3) is 0.280. The van der Waals surface area contributed by atoms with Crippen molar-refractivity contribution in [3.63, 3.8) is 0 Å². The average molecular weight is 489 g/mol. The first-order valence-corrected chi connectivity index (χ1v) is 11.1. The Morgan fingerprint density at radius 1 is 1.08 bits per heavy atom. The fourth-order valence-corrected chi connectivity index (χ4v) is 3.67. The van der Waals surface area contributed by atoms with Gasteiger partial charge in [0, 0.05) is 30.4 Å². The molecule has 0 saturated carbocycles. The van der Waals surface area contributed by atoms with Gasteiger partial charge in [-0.15, -0.1) is 10.2 Å². The summed E-state index contributed by atoms with van der Waals surface area (Å²) in [6.45, 7) is 4.93. The van der Waals surface area contributed by atoms with Gasteiger partial charge in [-0.25, -0.2) is 14.4 Å². The van der Waals surface area contributed by atoms with E-state index in [1.165, 1.54) is 19.3 Å². The highest BCUT2D eigenvalue weighted by molar-refractivity contribution is 5.68. The molecule has 184 valence electrons. The molecule has 3 heterocycles. The first-order chi connectivity index (χ1) is 17.3. The van der Waals surface area contributed by atoms with Gasteiger partial charge >= 0.3 is 0 Å². The smallest absolute Gasteiger partial charge is 0.230 e. The van der Waals surface area contributed by atoms with Gasteiger partial charge in [0.25, 0.3) is 0 Å². The molecule has 0 spiro atoms. The Kier molecular flexibility index (Phi) is 6.78. The van der Waals surface area contributed by atoms with Crippen molar-refractivity contribution in [2.75, 3.05) is 19.5 Å². The average Bonchev–Trinajstić information content (AvgIpc) is 3.30. The molecule has 0 saturated heterocycles. The van der Waals surface area contributed by atoms with Crippen LogP contribution >= 0.6 is 0 Å². The van der Waals surface area contributed by atoms with Crippen molar-refractivity contribution in [3.8, 4) is 34.6 Å². The van der Waals surface area contributed by atoms with Crippen molar-refractivity contribution in [1.82, 2.24) is 29.7 Å². The monoisotopic (exact) mass is 488 g/mol. The number of alkyl halides is 1. The summed E-state index contributed by atoms with van der Waals surface area (Å²) in [5.74, 6) is 1.65. The van der Waals surface area contributed by atoms with Gasteiger partial charge in [0.1, 0.15) is 23.3 Å². The molecular weight excluding hydrogens is 463 g/mol. The summed E-state index contributed by atoms with van der Waals surface area (Å²) in [6, 6.07) is 8.38. The van der Waals surface area contributed by atoms with Crippen molar-refractivity contribution in [3.05, 3.63) is 66.0 Å². The van der Waals surface area contributed by atoms with E-state index in [4.69, 9.17) is 14.7 Å². The second-order valence-electron chi connectivity index (χ2n) is 8.29. The normalized spacial score (nSPS) is 13.4. The molecule has 3 aromatic heterocycles. The van der Waals surface area contributed by atoms with Crippen LogP contribution in [0.3, 0.4) is 0 Å². The fourth-order valence-electron chi connectivity index (χ4n) is 3.67. The zero-order valence-corrected chi connectivity index (χ0v) is 20.5. The lowest BCUT2D eigenvalue weighted by molar-refractivity contribution is 0.154. The minimum atomic E-state index is -2.01. The minimum absolute atomic E-state index is 0.0643. The van der Waals surface area contributed by atoms with Crippen molar-refractivity contribution < 1.29 is 13.9 Å². The van der Waals surface area contributed by atoms with Crippen molar-refractivity contribution in [1.29, 1.82) is 5.26 Å². The summed E-state index contributed by atoms with van der Waals surface area (Å²) in [5, 5.41) is 20.8. The summed E-state index contributed by atoms with van der Waals surface area (Å²) in [6.07, 6.45) is 5.99.